The van der Waals surface area contributed by atoms with E-state index in [0.29, 0.717) is 13.1 Å². The molecule has 3 amide bonds. The van der Waals surface area contributed by atoms with Crippen LogP contribution in [0.15, 0.2) is 30.3 Å². The molecule has 0 atom stereocenters. The highest BCUT2D eigenvalue weighted by Gasteiger charge is 2.50. The predicted molar refractivity (Wildman–Crippen MR) is 84.1 cm³/mol. The molecule has 0 bridgehead atoms. The van der Waals surface area contributed by atoms with Crippen LogP contribution in [0, 0.1) is 0 Å². The number of carbonyl (C=O) groups is 2. The third-order valence-electron chi connectivity index (χ3n) is 3.75. The largest absolute Gasteiger partial charge is 0.525 e. The van der Waals surface area contributed by atoms with Crippen molar-refractivity contribution in [3.05, 3.63) is 35.9 Å². The highest BCUT2D eigenvalue weighted by Crippen LogP contribution is 2.23. The van der Waals surface area contributed by atoms with Gasteiger partial charge in [0.2, 0.25) is 0 Å². The minimum Gasteiger partial charge on any atom is -0.415 e. The zero-order valence-corrected chi connectivity index (χ0v) is 13.6. The number of urea groups is 1. The van der Waals surface area contributed by atoms with Crippen molar-refractivity contribution in [2.75, 3.05) is 13.1 Å². The van der Waals surface area contributed by atoms with Crippen LogP contribution in [0.2, 0.25) is 0 Å². The summed E-state index contributed by atoms with van der Waals surface area (Å²) in [5.74, 6) is 0. The number of hydrogen-bond donors (Lipinski definition) is 1. The molecule has 0 saturated carbocycles. The van der Waals surface area contributed by atoms with Gasteiger partial charge in [-0.1, -0.05) is 30.3 Å². The summed E-state index contributed by atoms with van der Waals surface area (Å²) in [5, 5.41) is 2.91. The van der Waals surface area contributed by atoms with Crippen molar-refractivity contribution in [1.29, 1.82) is 0 Å². The van der Waals surface area contributed by atoms with Crippen molar-refractivity contribution in [3.8, 4) is 0 Å². The average Bonchev–Trinajstić information content (AvgIpc) is 2.95. The fourth-order valence-electron chi connectivity index (χ4n) is 2.61. The molecule has 22 heavy (non-hydrogen) atoms. The van der Waals surface area contributed by atoms with Gasteiger partial charge in [0.15, 0.2) is 0 Å². The first-order valence-electron chi connectivity index (χ1n) is 7.74. The summed E-state index contributed by atoms with van der Waals surface area (Å²) >= 11 is 0. The summed E-state index contributed by atoms with van der Waals surface area (Å²) in [6.07, 6.45) is 1.26. The lowest BCUT2D eigenvalue weighted by atomic mass is 10.1. The Kier molecular flexibility index (Phi) is 4.86. The molecule has 0 aliphatic carbocycles. The Morgan fingerprint density at radius 1 is 1.14 bits per heavy atom. The number of nitrogens with one attached hydrogen (secondary N) is 1. The van der Waals surface area contributed by atoms with Crippen LogP contribution in [-0.2, 0) is 11.3 Å². The lowest BCUT2D eigenvalue weighted by Gasteiger charge is -2.30. The predicted octanol–water partition coefficient (Wildman–Crippen LogP) is 3.44. The molecule has 0 spiro atoms. The van der Waals surface area contributed by atoms with Gasteiger partial charge in [-0.2, -0.15) is 4.79 Å². The number of imide groups is 1. The maximum absolute atomic E-state index is 12.6. The number of ether oxygens (including phenoxy) is 1. The summed E-state index contributed by atoms with van der Waals surface area (Å²) in [5.41, 5.74) is 0.550. The van der Waals surface area contributed by atoms with E-state index in [1.54, 1.807) is 0 Å². The van der Waals surface area contributed by atoms with Gasteiger partial charge >= 0.3 is 12.1 Å². The van der Waals surface area contributed by atoms with Crippen molar-refractivity contribution in [2.24, 2.45) is 0 Å². The van der Waals surface area contributed by atoms with Gasteiger partial charge in [-0.05, 0) is 26.3 Å². The fourth-order valence-corrected chi connectivity index (χ4v) is 2.61. The van der Waals surface area contributed by atoms with E-state index < -0.39 is 6.09 Å². The summed E-state index contributed by atoms with van der Waals surface area (Å²) in [7, 11) is 0. The Hall–Kier alpha value is -1.88. The number of hydrogen-bond acceptors (Lipinski definition) is 3. The standard InChI is InChI=1S/C17H24N2O3/c1-17(2,3)18-15(20)19(11-7-8-12-19)16(21)22-13-14-9-5-4-6-10-14/h4-6,9-10H,7-8,11-13H2,1-3H3/p+1. The molecule has 2 rings (SSSR count). The first-order chi connectivity index (χ1) is 10.3. The lowest BCUT2D eigenvalue weighted by molar-refractivity contribution is -0.764. The molecule has 5 nitrogen and oxygen atoms in total. The van der Waals surface area contributed by atoms with Crippen molar-refractivity contribution in [3.63, 3.8) is 0 Å². The van der Waals surface area contributed by atoms with E-state index >= 15 is 0 Å². The maximum Gasteiger partial charge on any atom is 0.525 e. The molecular weight excluding hydrogens is 280 g/mol. The van der Waals surface area contributed by atoms with Crippen LogP contribution in [-0.4, -0.2) is 35.2 Å². The molecule has 1 N–H and O–H groups in total. The van der Waals surface area contributed by atoms with E-state index in [4.69, 9.17) is 4.74 Å². The minimum atomic E-state index is -0.455. The molecular formula is C17H25N2O3+. The van der Waals surface area contributed by atoms with E-state index in [0.717, 1.165) is 18.4 Å². The van der Waals surface area contributed by atoms with Crippen LogP contribution in [0.5, 0.6) is 0 Å². The molecule has 1 heterocycles. The second-order valence-corrected chi connectivity index (χ2v) is 6.84. The first-order valence-corrected chi connectivity index (χ1v) is 7.74. The van der Waals surface area contributed by atoms with Gasteiger partial charge in [0, 0.05) is 18.4 Å². The van der Waals surface area contributed by atoms with E-state index in [2.05, 4.69) is 5.32 Å². The first kappa shape index (κ1) is 16.5. The molecule has 0 aromatic heterocycles. The molecule has 1 aliphatic heterocycles. The van der Waals surface area contributed by atoms with Crippen LogP contribution >= 0.6 is 0 Å². The number of likely N-dealkylation sites (tertiary alicyclic amines) is 1. The third-order valence-corrected chi connectivity index (χ3v) is 3.75. The molecule has 1 saturated heterocycles. The monoisotopic (exact) mass is 305 g/mol. The highest BCUT2D eigenvalue weighted by molar-refractivity contribution is 5.80. The van der Waals surface area contributed by atoms with E-state index in [1.165, 1.54) is 0 Å². The van der Waals surface area contributed by atoms with Crippen LogP contribution in [0.3, 0.4) is 0 Å². The smallest absolute Gasteiger partial charge is 0.415 e. The molecule has 0 unspecified atom stereocenters. The fraction of sp³-hybridized carbons (Fsp3) is 0.529. The Balaban J connectivity index is 2.06. The zero-order chi connectivity index (χ0) is 16.2. The van der Waals surface area contributed by atoms with Crippen LogP contribution in [0.25, 0.3) is 0 Å². The van der Waals surface area contributed by atoms with Gasteiger partial charge in [0.25, 0.3) is 0 Å². The van der Waals surface area contributed by atoms with Gasteiger partial charge in [0.1, 0.15) is 6.61 Å². The summed E-state index contributed by atoms with van der Waals surface area (Å²) in [4.78, 5) is 25.2. The summed E-state index contributed by atoms with van der Waals surface area (Å²) < 4.78 is 5.18. The number of benzene rings is 1. The maximum atomic E-state index is 12.6. The van der Waals surface area contributed by atoms with Crippen LogP contribution < -0.4 is 5.32 Å². The molecule has 0 radical (unpaired) electrons. The average molecular weight is 305 g/mol. The number of quaternary nitrogens is 1. The second-order valence-electron chi connectivity index (χ2n) is 6.84. The van der Waals surface area contributed by atoms with Crippen molar-refractivity contribution >= 4 is 12.1 Å². The topological polar surface area (TPSA) is 55.4 Å². The van der Waals surface area contributed by atoms with Crippen LogP contribution in [0.1, 0.15) is 39.2 Å². The normalized spacial score (nSPS) is 17.0. The quantitative estimate of drug-likeness (QED) is 0.852. The number of rotatable bonds is 2. The van der Waals surface area contributed by atoms with Gasteiger partial charge in [-0.3, -0.25) is 0 Å². The zero-order valence-electron chi connectivity index (χ0n) is 13.6. The van der Waals surface area contributed by atoms with E-state index in [1.807, 2.05) is 51.1 Å². The molecule has 5 heteroatoms. The third kappa shape index (κ3) is 3.85. The Morgan fingerprint density at radius 2 is 1.73 bits per heavy atom. The molecule has 1 aromatic carbocycles. The van der Waals surface area contributed by atoms with Crippen molar-refractivity contribution in [2.45, 2.75) is 45.8 Å². The number of carbonyl (C=O) groups excluding carboxylic acids is 2. The Morgan fingerprint density at radius 3 is 2.27 bits per heavy atom. The molecule has 1 fully saturated rings. The van der Waals surface area contributed by atoms with Gasteiger partial charge in [-0.25, -0.2) is 4.79 Å². The molecule has 120 valence electrons. The van der Waals surface area contributed by atoms with Crippen molar-refractivity contribution in [1.82, 2.24) is 5.32 Å². The van der Waals surface area contributed by atoms with E-state index in [-0.39, 0.29) is 22.7 Å². The second kappa shape index (κ2) is 6.48. The van der Waals surface area contributed by atoms with Gasteiger partial charge in [-0.15, -0.1) is 4.48 Å². The Labute approximate surface area is 131 Å². The molecule has 1 aliphatic rings. The minimum absolute atomic E-state index is 0.197. The Bertz CT molecular complexity index is 529. The number of amides is 3. The lowest BCUT2D eigenvalue weighted by Crippen LogP contribution is -2.62. The summed E-state index contributed by atoms with van der Waals surface area (Å²) in [6.45, 7) is 6.94. The van der Waals surface area contributed by atoms with Gasteiger partial charge < -0.3 is 10.1 Å². The highest BCUT2D eigenvalue weighted by atomic mass is 16.6. The van der Waals surface area contributed by atoms with Crippen molar-refractivity contribution < 1.29 is 18.8 Å². The SMILES string of the molecule is CC(C)(C)NC(=O)[N+]1(C(=O)OCc2ccccc2)CCCC1. The molecule has 1 aromatic rings. The summed E-state index contributed by atoms with van der Waals surface area (Å²) in [6, 6.07) is 9.25. The number of nitrogens with zero attached hydrogens (tertiary/aromatic N) is 1. The van der Waals surface area contributed by atoms with Gasteiger partial charge in [0.05, 0.1) is 13.1 Å². The van der Waals surface area contributed by atoms with E-state index in [9.17, 15) is 9.59 Å². The van der Waals surface area contributed by atoms with Crippen LogP contribution in [0.4, 0.5) is 9.59 Å².